The van der Waals surface area contributed by atoms with Gasteiger partial charge in [-0.1, -0.05) is 0 Å². The summed E-state index contributed by atoms with van der Waals surface area (Å²) in [6, 6.07) is 0.378. The first-order chi connectivity index (χ1) is 7.31. The molecule has 0 spiro atoms. The highest BCUT2D eigenvalue weighted by molar-refractivity contribution is 7.99. The first-order valence-electron chi connectivity index (χ1n) is 5.21. The normalized spacial score (nSPS) is 14.3. The van der Waals surface area contributed by atoms with Crippen molar-refractivity contribution in [1.82, 2.24) is 5.32 Å². The number of hydrogen-bond donors (Lipinski definition) is 1. The molecule has 1 unspecified atom stereocenters. The van der Waals surface area contributed by atoms with Crippen LogP contribution in [0.4, 0.5) is 0 Å². The van der Waals surface area contributed by atoms with Gasteiger partial charge in [-0.25, -0.2) is 8.42 Å². The molecule has 0 radical (unpaired) electrons. The van der Waals surface area contributed by atoms with Gasteiger partial charge in [-0.15, -0.1) is 11.8 Å². The molecule has 1 atom stereocenters. The Bertz CT molecular complexity index is 267. The fourth-order valence-corrected chi connectivity index (χ4v) is 2.35. The van der Waals surface area contributed by atoms with Gasteiger partial charge in [0.15, 0.2) is 0 Å². The lowest BCUT2D eigenvalue weighted by molar-refractivity contribution is 0.101. The van der Waals surface area contributed by atoms with Crippen molar-refractivity contribution in [2.45, 2.75) is 38.7 Å². The van der Waals surface area contributed by atoms with Crippen LogP contribution in [0.1, 0.15) is 27.2 Å². The average molecular weight is 270 g/mol. The number of nitrogens with one attached hydrogen (secondary N) is 1. The summed E-state index contributed by atoms with van der Waals surface area (Å²) in [5.74, 6) is 0.321. The second-order valence-corrected chi connectivity index (χ2v) is 6.65. The van der Waals surface area contributed by atoms with Crippen LogP contribution in [0, 0.1) is 0 Å². The lowest BCUT2D eigenvalue weighted by Crippen LogP contribution is -2.27. The van der Waals surface area contributed by atoms with Gasteiger partial charge in [-0.05, 0) is 32.9 Å². The summed E-state index contributed by atoms with van der Waals surface area (Å²) < 4.78 is 36.4. The van der Waals surface area contributed by atoms with E-state index in [0.717, 1.165) is 0 Å². The maximum atomic E-state index is 10.3. The van der Waals surface area contributed by atoms with Gasteiger partial charge in [-0.3, -0.25) is 5.32 Å². The van der Waals surface area contributed by atoms with Crippen LogP contribution in [0.2, 0.25) is 0 Å². The highest BCUT2D eigenvalue weighted by Gasteiger charge is 2.03. The van der Waals surface area contributed by atoms with Crippen LogP contribution in [0.25, 0.3) is 0 Å². The molecule has 0 aliphatic rings. The van der Waals surface area contributed by atoms with Gasteiger partial charge in [0.05, 0.1) is 16.8 Å². The monoisotopic (exact) mass is 270 g/mol. The molecule has 0 saturated carbocycles. The lowest BCUT2D eigenvalue weighted by Gasteiger charge is -2.15. The average Bonchev–Trinajstić information content (AvgIpc) is 2.10. The third-order valence-corrected chi connectivity index (χ3v) is 3.62. The maximum absolute atomic E-state index is 10.3. The molecule has 0 aliphatic heterocycles. The number of rotatable bonds is 9. The van der Waals surface area contributed by atoms with Crippen molar-refractivity contribution < 1.29 is 17.7 Å². The smallest absolute Gasteiger partial charge is 0.102 e. The molecule has 7 heteroatoms. The van der Waals surface area contributed by atoms with E-state index in [4.69, 9.17) is 4.74 Å². The van der Waals surface area contributed by atoms with E-state index >= 15 is 0 Å². The summed E-state index contributed by atoms with van der Waals surface area (Å²) in [5, 5.41) is 3.11. The third kappa shape index (κ3) is 12.3. The summed E-state index contributed by atoms with van der Waals surface area (Å²) in [4.78, 5) is 0. The van der Waals surface area contributed by atoms with Crippen LogP contribution in [0.5, 0.6) is 0 Å². The lowest BCUT2D eigenvalue weighted by atomic mass is 10.4. The van der Waals surface area contributed by atoms with Gasteiger partial charge in [0.1, 0.15) is 5.44 Å². The Hall–Kier alpha value is 0.180. The second kappa shape index (κ2) is 8.30. The molecule has 16 heavy (non-hydrogen) atoms. The van der Waals surface area contributed by atoms with Gasteiger partial charge in [0.25, 0.3) is 0 Å². The first kappa shape index (κ1) is 16.2. The Labute approximate surface area is 102 Å². The molecule has 0 saturated heterocycles. The molecule has 5 nitrogen and oxygen atoms in total. The quantitative estimate of drug-likeness (QED) is 0.382. The van der Waals surface area contributed by atoms with E-state index in [1.165, 1.54) is 11.8 Å². The molecular weight excluding hydrogens is 250 g/mol. The number of thioether (sulfide) groups is 1. The summed E-state index contributed by atoms with van der Waals surface area (Å²) in [7, 11) is -4.07. The standard InChI is InChI=1S/C9H21NO4S2/c1-8(2)10-7-14-9(3)15-5-4-6-16(11,12)13/h8-10H,4-7H2,1-3H3,(H,11,12,13)/p-1. The fraction of sp³-hybridized carbons (Fsp3) is 1.00. The largest absolute Gasteiger partial charge is 0.748 e. The van der Waals surface area contributed by atoms with Crippen LogP contribution < -0.4 is 5.32 Å². The third-order valence-electron chi connectivity index (χ3n) is 1.70. The van der Waals surface area contributed by atoms with Crippen molar-refractivity contribution in [3.8, 4) is 0 Å². The van der Waals surface area contributed by atoms with Crippen molar-refractivity contribution in [2.24, 2.45) is 0 Å². The molecule has 98 valence electrons. The van der Waals surface area contributed by atoms with Crippen molar-refractivity contribution in [2.75, 3.05) is 18.2 Å². The van der Waals surface area contributed by atoms with Crippen LogP contribution in [-0.4, -0.2) is 42.7 Å². The highest BCUT2D eigenvalue weighted by Crippen LogP contribution is 2.12. The number of hydrogen-bond acceptors (Lipinski definition) is 6. The Balaban J connectivity index is 3.40. The molecule has 0 aromatic heterocycles. The van der Waals surface area contributed by atoms with E-state index in [0.29, 0.717) is 24.9 Å². The molecule has 0 fully saturated rings. The van der Waals surface area contributed by atoms with Crippen LogP contribution in [0.3, 0.4) is 0 Å². The van der Waals surface area contributed by atoms with Crippen molar-refractivity contribution in [3.05, 3.63) is 0 Å². The first-order valence-corrected chi connectivity index (χ1v) is 7.84. The minimum absolute atomic E-state index is 0.000561. The maximum Gasteiger partial charge on any atom is 0.102 e. The molecule has 0 heterocycles. The molecule has 0 aromatic rings. The molecule has 0 aromatic carbocycles. The minimum atomic E-state index is -4.07. The molecule has 0 aliphatic carbocycles. The van der Waals surface area contributed by atoms with Crippen molar-refractivity contribution in [1.29, 1.82) is 0 Å². The van der Waals surface area contributed by atoms with E-state index < -0.39 is 10.1 Å². The molecular formula is C9H20NO4S2-. The van der Waals surface area contributed by atoms with Crippen LogP contribution in [0.15, 0.2) is 0 Å². The predicted octanol–water partition coefficient (Wildman–Crippen LogP) is 0.973. The topological polar surface area (TPSA) is 78.5 Å². The predicted molar refractivity (Wildman–Crippen MR) is 65.3 cm³/mol. The second-order valence-electron chi connectivity index (χ2n) is 3.72. The Morgan fingerprint density at radius 1 is 1.38 bits per heavy atom. The molecule has 0 bridgehead atoms. The van der Waals surface area contributed by atoms with Gasteiger partial charge in [-0.2, -0.15) is 0 Å². The Morgan fingerprint density at radius 2 is 2.00 bits per heavy atom. The van der Waals surface area contributed by atoms with Gasteiger partial charge in [0, 0.05) is 11.8 Å². The minimum Gasteiger partial charge on any atom is -0.748 e. The molecule has 0 amide bonds. The summed E-state index contributed by atoms with van der Waals surface area (Å²) >= 11 is 1.50. The fourth-order valence-electron chi connectivity index (χ4n) is 0.865. The summed E-state index contributed by atoms with van der Waals surface area (Å²) in [6.07, 6.45) is 0.377. The molecule has 1 N–H and O–H groups in total. The van der Waals surface area contributed by atoms with E-state index in [-0.39, 0.29) is 11.2 Å². The Morgan fingerprint density at radius 3 is 2.50 bits per heavy atom. The van der Waals surface area contributed by atoms with E-state index in [9.17, 15) is 13.0 Å². The van der Waals surface area contributed by atoms with Crippen molar-refractivity contribution >= 4 is 21.9 Å². The highest BCUT2D eigenvalue weighted by atomic mass is 32.2. The van der Waals surface area contributed by atoms with Gasteiger partial charge in [0.2, 0.25) is 0 Å². The molecule has 0 rings (SSSR count). The summed E-state index contributed by atoms with van der Waals surface area (Å²) in [5.41, 5.74) is 0.000561. The zero-order valence-corrected chi connectivity index (χ0v) is 11.6. The van der Waals surface area contributed by atoms with Crippen molar-refractivity contribution in [3.63, 3.8) is 0 Å². The summed E-state index contributed by atoms with van der Waals surface area (Å²) in [6.45, 7) is 6.44. The number of ether oxygens (including phenoxy) is 1. The zero-order chi connectivity index (χ0) is 12.6. The van der Waals surface area contributed by atoms with E-state index in [1.54, 1.807) is 0 Å². The zero-order valence-electron chi connectivity index (χ0n) is 9.93. The SMILES string of the molecule is CC(C)NCOC(C)SCCCS(=O)(=O)[O-]. The van der Waals surface area contributed by atoms with Gasteiger partial charge < -0.3 is 9.29 Å². The van der Waals surface area contributed by atoms with E-state index in [2.05, 4.69) is 5.32 Å². The van der Waals surface area contributed by atoms with E-state index in [1.807, 2.05) is 20.8 Å². The van der Waals surface area contributed by atoms with Gasteiger partial charge >= 0.3 is 0 Å². The van der Waals surface area contributed by atoms with Crippen LogP contribution in [-0.2, 0) is 14.9 Å². The Kier molecular flexibility index (Phi) is 8.39. The van der Waals surface area contributed by atoms with Crippen LogP contribution >= 0.6 is 11.8 Å².